The molecular weight excluding hydrogens is 288 g/mol. The van der Waals surface area contributed by atoms with Crippen LogP contribution in [0.2, 0.25) is 0 Å². The van der Waals surface area contributed by atoms with Crippen LogP contribution < -0.4 is 0 Å². The van der Waals surface area contributed by atoms with Crippen LogP contribution in [0.25, 0.3) is 0 Å². The molecule has 0 atom stereocenters. The number of hydrogen-bond acceptors (Lipinski definition) is 6. The standard InChI is InChI=1S/C14H20N4O2S/c1-5-6-11-15-10(8-21-11)7-18-13(9(2)3)12(16-17-18)14(19)20-4/h8-9H,5-7H2,1-4H3. The average molecular weight is 308 g/mol. The van der Waals surface area contributed by atoms with Crippen LogP contribution in [0.5, 0.6) is 0 Å². The molecule has 2 aromatic heterocycles. The van der Waals surface area contributed by atoms with Crippen LogP contribution in [-0.2, 0) is 17.7 Å². The van der Waals surface area contributed by atoms with Crippen LogP contribution in [0, 0.1) is 0 Å². The van der Waals surface area contributed by atoms with Crippen LogP contribution in [0.1, 0.15) is 60.0 Å². The third-order valence-corrected chi connectivity index (χ3v) is 4.03. The molecule has 2 heterocycles. The molecule has 114 valence electrons. The van der Waals surface area contributed by atoms with E-state index < -0.39 is 5.97 Å². The number of esters is 1. The zero-order valence-electron chi connectivity index (χ0n) is 12.8. The Bertz CT molecular complexity index is 618. The van der Waals surface area contributed by atoms with Gasteiger partial charge in [-0.3, -0.25) is 0 Å². The van der Waals surface area contributed by atoms with Crippen molar-refractivity contribution in [1.29, 1.82) is 0 Å². The van der Waals surface area contributed by atoms with Crippen LogP contribution in [0.4, 0.5) is 0 Å². The van der Waals surface area contributed by atoms with Gasteiger partial charge in [0.05, 0.1) is 30.1 Å². The van der Waals surface area contributed by atoms with Gasteiger partial charge in [0.25, 0.3) is 0 Å². The number of ether oxygens (including phenoxy) is 1. The van der Waals surface area contributed by atoms with Gasteiger partial charge in [0.2, 0.25) is 0 Å². The van der Waals surface area contributed by atoms with Gasteiger partial charge in [-0.05, 0) is 18.8 Å². The Hall–Kier alpha value is -1.76. The second-order valence-electron chi connectivity index (χ2n) is 5.11. The molecule has 0 radical (unpaired) electrons. The molecule has 7 heteroatoms. The van der Waals surface area contributed by atoms with E-state index in [0.717, 1.165) is 29.2 Å². The van der Waals surface area contributed by atoms with E-state index in [1.807, 2.05) is 19.2 Å². The SMILES string of the molecule is CCCc1nc(Cn2nnc(C(=O)OC)c2C(C)C)cs1. The predicted molar refractivity (Wildman–Crippen MR) is 80.7 cm³/mol. The fourth-order valence-corrected chi connectivity index (χ4v) is 3.05. The molecule has 0 unspecified atom stereocenters. The largest absolute Gasteiger partial charge is 0.464 e. The Kier molecular flexibility index (Phi) is 5.06. The summed E-state index contributed by atoms with van der Waals surface area (Å²) in [5.41, 5.74) is 2.02. The summed E-state index contributed by atoms with van der Waals surface area (Å²) >= 11 is 1.66. The summed E-state index contributed by atoms with van der Waals surface area (Å²) in [5.74, 6) is -0.322. The maximum atomic E-state index is 11.7. The number of thiazole rings is 1. The second-order valence-corrected chi connectivity index (χ2v) is 6.05. The van der Waals surface area contributed by atoms with Crippen molar-refractivity contribution in [3.05, 3.63) is 27.5 Å². The number of aromatic nitrogens is 4. The molecular formula is C14H20N4O2S. The third kappa shape index (κ3) is 3.47. The highest BCUT2D eigenvalue weighted by Crippen LogP contribution is 2.20. The molecule has 0 saturated carbocycles. The minimum atomic E-state index is -0.449. The first-order valence-corrected chi connectivity index (χ1v) is 7.89. The van der Waals surface area contributed by atoms with Crippen LogP contribution in [0.15, 0.2) is 5.38 Å². The summed E-state index contributed by atoms with van der Waals surface area (Å²) in [4.78, 5) is 16.3. The van der Waals surface area contributed by atoms with E-state index in [1.165, 1.54) is 7.11 Å². The normalized spacial score (nSPS) is 11.1. The molecule has 0 aliphatic heterocycles. The summed E-state index contributed by atoms with van der Waals surface area (Å²) in [6.45, 7) is 6.67. The highest BCUT2D eigenvalue weighted by atomic mass is 32.1. The van der Waals surface area contributed by atoms with Gasteiger partial charge < -0.3 is 4.74 Å². The molecule has 6 nitrogen and oxygen atoms in total. The van der Waals surface area contributed by atoms with Crippen LogP contribution >= 0.6 is 11.3 Å². The van der Waals surface area contributed by atoms with Crippen molar-refractivity contribution in [2.75, 3.05) is 7.11 Å². The lowest BCUT2D eigenvalue weighted by molar-refractivity contribution is 0.0592. The first kappa shape index (κ1) is 15.6. The molecule has 0 aliphatic rings. The van der Waals surface area contributed by atoms with E-state index in [0.29, 0.717) is 6.54 Å². The molecule has 2 aromatic rings. The van der Waals surface area contributed by atoms with Crippen LogP contribution in [0.3, 0.4) is 0 Å². The molecule has 0 N–H and O–H groups in total. The fraction of sp³-hybridized carbons (Fsp3) is 0.571. The van der Waals surface area contributed by atoms with E-state index in [-0.39, 0.29) is 11.6 Å². The smallest absolute Gasteiger partial charge is 0.360 e. The Morgan fingerprint density at radius 1 is 1.48 bits per heavy atom. The molecule has 0 spiro atoms. The number of carbonyl (C=O) groups excluding carboxylic acids is 1. The van der Waals surface area contributed by atoms with Crippen molar-refractivity contribution in [3.8, 4) is 0 Å². The summed E-state index contributed by atoms with van der Waals surface area (Å²) in [7, 11) is 1.35. The van der Waals surface area contributed by atoms with Gasteiger partial charge >= 0.3 is 5.97 Å². The van der Waals surface area contributed by atoms with Gasteiger partial charge in [-0.1, -0.05) is 26.0 Å². The van der Waals surface area contributed by atoms with Crippen LogP contribution in [-0.4, -0.2) is 33.1 Å². The molecule has 0 fully saturated rings. The molecule has 0 saturated heterocycles. The predicted octanol–water partition coefficient (Wildman–Crippen LogP) is 2.65. The Labute approximate surface area is 128 Å². The lowest BCUT2D eigenvalue weighted by Crippen LogP contribution is -2.12. The summed E-state index contributed by atoms with van der Waals surface area (Å²) in [6, 6.07) is 0. The maximum Gasteiger partial charge on any atom is 0.360 e. The van der Waals surface area contributed by atoms with Crippen molar-refractivity contribution in [2.45, 2.75) is 46.1 Å². The zero-order chi connectivity index (χ0) is 15.4. The number of aryl methyl sites for hydroxylation is 1. The number of rotatable bonds is 6. The van der Waals surface area contributed by atoms with E-state index in [9.17, 15) is 4.79 Å². The minimum Gasteiger partial charge on any atom is -0.464 e. The third-order valence-electron chi connectivity index (χ3n) is 3.07. The summed E-state index contributed by atoms with van der Waals surface area (Å²) in [5, 5.41) is 11.2. The highest BCUT2D eigenvalue weighted by molar-refractivity contribution is 7.09. The highest BCUT2D eigenvalue weighted by Gasteiger charge is 2.23. The quantitative estimate of drug-likeness (QED) is 0.767. The maximum absolute atomic E-state index is 11.7. The fourth-order valence-electron chi connectivity index (χ4n) is 2.15. The van der Waals surface area contributed by atoms with Gasteiger partial charge in [-0.2, -0.15) is 0 Å². The lowest BCUT2D eigenvalue weighted by atomic mass is 10.1. The minimum absolute atomic E-state index is 0.128. The van der Waals surface area contributed by atoms with Gasteiger partial charge in [0.15, 0.2) is 5.69 Å². The molecule has 0 aromatic carbocycles. The Morgan fingerprint density at radius 2 is 2.24 bits per heavy atom. The van der Waals surface area contributed by atoms with Gasteiger partial charge in [0.1, 0.15) is 0 Å². The zero-order valence-corrected chi connectivity index (χ0v) is 13.6. The molecule has 0 amide bonds. The van der Waals surface area contributed by atoms with E-state index in [2.05, 4.69) is 22.2 Å². The van der Waals surface area contributed by atoms with Crippen molar-refractivity contribution < 1.29 is 9.53 Å². The molecule has 0 aliphatic carbocycles. The number of hydrogen-bond donors (Lipinski definition) is 0. The van der Waals surface area contributed by atoms with Gasteiger partial charge in [-0.15, -0.1) is 16.4 Å². The average Bonchev–Trinajstić information content (AvgIpc) is 3.06. The molecule has 0 bridgehead atoms. The topological polar surface area (TPSA) is 69.9 Å². The lowest BCUT2D eigenvalue weighted by Gasteiger charge is -2.09. The first-order chi connectivity index (χ1) is 10.1. The number of nitrogens with zero attached hydrogens (tertiary/aromatic N) is 4. The molecule has 21 heavy (non-hydrogen) atoms. The van der Waals surface area contributed by atoms with Gasteiger partial charge in [0, 0.05) is 5.38 Å². The van der Waals surface area contributed by atoms with E-state index >= 15 is 0 Å². The first-order valence-electron chi connectivity index (χ1n) is 7.01. The monoisotopic (exact) mass is 308 g/mol. The van der Waals surface area contributed by atoms with Crippen molar-refractivity contribution in [2.24, 2.45) is 0 Å². The second kappa shape index (κ2) is 6.80. The summed E-state index contributed by atoms with van der Waals surface area (Å²) in [6.07, 6.45) is 2.08. The Balaban J connectivity index is 2.26. The molecule has 2 rings (SSSR count). The van der Waals surface area contributed by atoms with Crippen molar-refractivity contribution in [3.63, 3.8) is 0 Å². The number of carbonyl (C=O) groups is 1. The van der Waals surface area contributed by atoms with E-state index in [1.54, 1.807) is 16.0 Å². The van der Waals surface area contributed by atoms with E-state index in [4.69, 9.17) is 4.74 Å². The van der Waals surface area contributed by atoms with Crippen molar-refractivity contribution in [1.82, 2.24) is 20.0 Å². The van der Waals surface area contributed by atoms with Gasteiger partial charge in [-0.25, -0.2) is 14.5 Å². The summed E-state index contributed by atoms with van der Waals surface area (Å²) < 4.78 is 6.50. The Morgan fingerprint density at radius 3 is 2.86 bits per heavy atom. The number of methoxy groups -OCH3 is 1. The van der Waals surface area contributed by atoms with Crippen molar-refractivity contribution >= 4 is 17.3 Å².